The molecule has 1 atom stereocenters. The quantitative estimate of drug-likeness (QED) is 0.271. The Labute approximate surface area is 348 Å². The lowest BCUT2D eigenvalue weighted by atomic mass is 10.1. The van der Waals surface area contributed by atoms with E-state index in [4.69, 9.17) is 16.6 Å². The highest BCUT2D eigenvalue weighted by atomic mass is 16.3. The Morgan fingerprint density at radius 2 is 0.732 bits per heavy atom. The summed E-state index contributed by atoms with van der Waals surface area (Å²) in [5.74, 6) is 0. The molecule has 12 nitrogen and oxygen atoms in total. The van der Waals surface area contributed by atoms with Gasteiger partial charge in [-0.25, -0.2) is 0 Å². The van der Waals surface area contributed by atoms with E-state index in [1.54, 1.807) is 0 Å². The molecule has 6 aliphatic heterocycles. The van der Waals surface area contributed by atoms with Gasteiger partial charge in [0.2, 0.25) is 0 Å². The standard InChI is InChI=1S/2C8H18N2.C8H17NO.C7H16N2.C7H15NO.C6H14N2/c1-8(2)10-6-4-9(3)5-7-10;1-7(2)10-5-3-8(9)4-6-10;1-7(2)9-5-3-8(10)4-6-9;1-7(2)9-5-3-8-4-6-9;1-6(2)8-4-3-7(9)5-8;1-5(2)8-3-6(7)4-8/h8H,4-7H2,1-3H3;7-8H,3-6,9H2,1-2H3;7-8,10H,3-6H2,1-2H3;7-8H,3-6H2,1-2H3;6-7,9H,3-5H2,1-2H3;5-6H,3-4,7H2,1-2H3. The monoisotopic (exact) mass is 799 g/mol. The molecule has 0 amide bonds. The number of piperidine rings is 2. The molecule has 1 unspecified atom stereocenters. The van der Waals surface area contributed by atoms with Crippen molar-refractivity contribution in [1.29, 1.82) is 0 Å². The van der Waals surface area contributed by atoms with E-state index < -0.39 is 0 Å². The van der Waals surface area contributed by atoms with Crippen LogP contribution in [0.15, 0.2) is 0 Å². The molecule has 6 saturated heterocycles. The minimum absolute atomic E-state index is 0.0324. The van der Waals surface area contributed by atoms with Crippen LogP contribution in [0.5, 0.6) is 0 Å². The van der Waals surface area contributed by atoms with Gasteiger partial charge >= 0.3 is 0 Å². The highest BCUT2D eigenvalue weighted by Crippen LogP contribution is 2.13. The molecule has 0 bridgehead atoms. The summed E-state index contributed by atoms with van der Waals surface area (Å²) in [5, 5.41) is 21.6. The number of likely N-dealkylation sites (N-methyl/N-ethyl adjacent to an activating group) is 1. The zero-order valence-electron chi connectivity index (χ0n) is 39.3. The van der Waals surface area contributed by atoms with Gasteiger partial charge in [-0.2, -0.15) is 0 Å². The fraction of sp³-hybridized carbons (Fsp3) is 1.00. The van der Waals surface area contributed by atoms with Gasteiger partial charge in [0.1, 0.15) is 0 Å². The second kappa shape index (κ2) is 29.7. The molecular formula is C44H98N10O2. The number of aliphatic hydroxyl groups excluding tert-OH is 2. The van der Waals surface area contributed by atoms with Crippen molar-refractivity contribution in [3.8, 4) is 0 Å². The van der Waals surface area contributed by atoms with Gasteiger partial charge in [0, 0.05) is 140 Å². The molecular weight excluding hydrogens is 701 g/mol. The second-order valence-electron chi connectivity index (χ2n) is 19.0. The summed E-state index contributed by atoms with van der Waals surface area (Å²) < 4.78 is 0. The molecule has 0 spiro atoms. The molecule has 0 aromatic heterocycles. The molecule has 6 heterocycles. The van der Waals surface area contributed by atoms with Crippen LogP contribution in [0.3, 0.4) is 0 Å². The molecule has 0 aromatic rings. The average molecular weight is 799 g/mol. The van der Waals surface area contributed by atoms with E-state index in [-0.39, 0.29) is 12.2 Å². The first-order valence-corrected chi connectivity index (χ1v) is 23.0. The molecule has 0 saturated carbocycles. The third-order valence-corrected chi connectivity index (χ3v) is 12.3. The highest BCUT2D eigenvalue weighted by molar-refractivity contribution is 4.84. The topological polar surface area (TPSA) is 127 Å². The molecule has 6 aliphatic rings. The van der Waals surface area contributed by atoms with Crippen LogP contribution in [0.1, 0.15) is 115 Å². The summed E-state index contributed by atoms with van der Waals surface area (Å²) in [6.45, 7) is 45.1. The number of piperazine rings is 2. The first kappa shape index (κ1) is 53.5. The van der Waals surface area contributed by atoms with Crippen molar-refractivity contribution in [3.05, 3.63) is 0 Å². The van der Waals surface area contributed by atoms with Crippen molar-refractivity contribution in [2.75, 3.05) is 112 Å². The van der Waals surface area contributed by atoms with E-state index in [9.17, 15) is 5.11 Å². The van der Waals surface area contributed by atoms with Crippen LogP contribution < -0.4 is 16.8 Å². The maximum Gasteiger partial charge on any atom is 0.0679 e. The zero-order chi connectivity index (χ0) is 42.4. The van der Waals surface area contributed by atoms with Gasteiger partial charge in [-0.3, -0.25) is 19.6 Å². The van der Waals surface area contributed by atoms with Crippen LogP contribution in [0.4, 0.5) is 0 Å². The van der Waals surface area contributed by atoms with Gasteiger partial charge in [0.15, 0.2) is 0 Å². The first-order chi connectivity index (χ1) is 26.3. The normalized spacial score (nSPS) is 24.8. The molecule has 0 aliphatic carbocycles. The maximum atomic E-state index is 9.18. The number of nitrogens with two attached hydrogens (primary N) is 2. The molecule has 0 aromatic carbocycles. The predicted molar refractivity (Wildman–Crippen MR) is 242 cm³/mol. The highest BCUT2D eigenvalue weighted by Gasteiger charge is 2.25. The summed E-state index contributed by atoms with van der Waals surface area (Å²) in [6, 6.07) is 5.02. The van der Waals surface area contributed by atoms with Gasteiger partial charge in [0.05, 0.1) is 12.2 Å². The summed E-state index contributed by atoms with van der Waals surface area (Å²) >= 11 is 0. The van der Waals surface area contributed by atoms with Crippen molar-refractivity contribution in [2.24, 2.45) is 11.5 Å². The SMILES string of the molecule is CC(C)N1CC(N)C1.CC(C)N1CCC(N)CC1.CC(C)N1CCC(O)C1.CC(C)N1CCC(O)CC1.CC(C)N1CCN(C)CC1.CC(C)N1CCNCC1. The van der Waals surface area contributed by atoms with E-state index in [0.717, 1.165) is 83.7 Å². The molecule has 12 heteroatoms. The smallest absolute Gasteiger partial charge is 0.0679 e. The van der Waals surface area contributed by atoms with Gasteiger partial charge in [-0.15, -0.1) is 0 Å². The summed E-state index contributed by atoms with van der Waals surface area (Å²) in [6.07, 6.45) is 5.13. The van der Waals surface area contributed by atoms with Crippen LogP contribution in [-0.2, 0) is 0 Å². The Balaban J connectivity index is 0.000000337. The first-order valence-electron chi connectivity index (χ1n) is 23.0. The van der Waals surface area contributed by atoms with Crippen LogP contribution in [0, 0.1) is 0 Å². The lowest BCUT2D eigenvalue weighted by Crippen LogP contribution is -2.57. The Kier molecular flexibility index (Phi) is 28.4. The van der Waals surface area contributed by atoms with Crippen molar-refractivity contribution >= 4 is 0 Å². The lowest BCUT2D eigenvalue weighted by molar-refractivity contribution is 0.0685. The third-order valence-electron chi connectivity index (χ3n) is 12.3. The number of nitrogens with zero attached hydrogens (tertiary/aromatic N) is 7. The van der Waals surface area contributed by atoms with Crippen molar-refractivity contribution in [3.63, 3.8) is 0 Å². The number of rotatable bonds is 6. The average Bonchev–Trinajstić information content (AvgIpc) is 3.59. The number of β-amino-alcohol motifs (C(OH)–C–C–N with tert-alkyl or cyclic N) is 1. The minimum Gasteiger partial charge on any atom is -0.393 e. The molecule has 56 heavy (non-hydrogen) atoms. The Bertz CT molecular complexity index is 835. The van der Waals surface area contributed by atoms with Gasteiger partial charge in [-0.1, -0.05) is 0 Å². The van der Waals surface area contributed by atoms with Gasteiger partial charge in [0.25, 0.3) is 0 Å². The van der Waals surface area contributed by atoms with Crippen molar-refractivity contribution in [2.45, 2.75) is 176 Å². The molecule has 336 valence electrons. The number of hydrogen-bond acceptors (Lipinski definition) is 12. The molecule has 6 rings (SSSR count). The number of aliphatic hydroxyl groups is 2. The second-order valence-corrected chi connectivity index (χ2v) is 19.0. The largest absolute Gasteiger partial charge is 0.393 e. The number of nitrogens with one attached hydrogen (secondary N) is 1. The van der Waals surface area contributed by atoms with E-state index in [1.807, 2.05) is 0 Å². The summed E-state index contributed by atoms with van der Waals surface area (Å²) in [4.78, 5) is 17.0. The summed E-state index contributed by atoms with van der Waals surface area (Å²) in [5.41, 5.74) is 11.3. The van der Waals surface area contributed by atoms with Crippen molar-refractivity contribution < 1.29 is 10.2 Å². The Hall–Kier alpha value is -0.480. The fourth-order valence-electron chi connectivity index (χ4n) is 7.58. The third kappa shape index (κ3) is 23.9. The molecule has 0 radical (unpaired) electrons. The molecule has 7 N–H and O–H groups in total. The minimum atomic E-state index is -0.0626. The lowest BCUT2D eigenvalue weighted by Gasteiger charge is -2.39. The maximum absolute atomic E-state index is 9.18. The van der Waals surface area contributed by atoms with E-state index >= 15 is 0 Å². The number of hydrogen-bond donors (Lipinski definition) is 5. The van der Waals surface area contributed by atoms with Crippen LogP contribution in [-0.4, -0.2) is 217 Å². The van der Waals surface area contributed by atoms with Gasteiger partial charge in [-0.05, 0) is 135 Å². The van der Waals surface area contributed by atoms with E-state index in [1.165, 1.54) is 65.2 Å². The predicted octanol–water partition coefficient (Wildman–Crippen LogP) is 3.11. The summed E-state index contributed by atoms with van der Waals surface area (Å²) in [7, 11) is 2.19. The van der Waals surface area contributed by atoms with E-state index in [2.05, 4.69) is 130 Å². The van der Waals surface area contributed by atoms with Crippen LogP contribution in [0.25, 0.3) is 0 Å². The number of likely N-dealkylation sites (tertiary alicyclic amines) is 4. The Morgan fingerprint density at radius 1 is 0.393 bits per heavy atom. The zero-order valence-corrected chi connectivity index (χ0v) is 39.3. The fourth-order valence-corrected chi connectivity index (χ4v) is 7.58. The van der Waals surface area contributed by atoms with Crippen molar-refractivity contribution in [1.82, 2.24) is 39.6 Å². The molecule has 6 fully saturated rings. The van der Waals surface area contributed by atoms with E-state index in [0.29, 0.717) is 36.3 Å². The van der Waals surface area contributed by atoms with Gasteiger partial charge < -0.3 is 41.7 Å². The van der Waals surface area contributed by atoms with Crippen LogP contribution >= 0.6 is 0 Å². The Morgan fingerprint density at radius 3 is 1.04 bits per heavy atom. The van der Waals surface area contributed by atoms with Crippen LogP contribution in [0.2, 0.25) is 0 Å².